The number of halogens is 2. The first kappa shape index (κ1) is 22.3. The molecule has 0 aliphatic rings. The van der Waals surface area contributed by atoms with Gasteiger partial charge in [-0.15, -0.1) is 0 Å². The van der Waals surface area contributed by atoms with Crippen molar-refractivity contribution < 1.29 is 19.0 Å². The fraction of sp³-hybridized carbons (Fsp3) is 0.333. The third-order valence-electron chi connectivity index (χ3n) is 4.77. The van der Waals surface area contributed by atoms with E-state index in [0.717, 1.165) is 10.6 Å². The number of aromatic nitrogens is 2. The van der Waals surface area contributed by atoms with Gasteiger partial charge in [-0.2, -0.15) is 0 Å². The zero-order chi connectivity index (χ0) is 22.1. The number of nitrogens with zero attached hydrogens (tertiary/aromatic N) is 2. The van der Waals surface area contributed by atoms with Crippen LogP contribution in [0.25, 0.3) is 22.0 Å². The summed E-state index contributed by atoms with van der Waals surface area (Å²) in [5.74, 6) is -1.71. The number of fused-ring (bicyclic) bond motifs is 1. The maximum atomic E-state index is 14.1. The summed E-state index contributed by atoms with van der Waals surface area (Å²) in [6.07, 6.45) is 3.18. The lowest BCUT2D eigenvalue weighted by Crippen LogP contribution is -2.23. The van der Waals surface area contributed by atoms with Crippen LogP contribution < -0.4 is 5.56 Å². The lowest BCUT2D eigenvalue weighted by Gasteiger charge is -2.15. The molecule has 2 heterocycles. The third kappa shape index (κ3) is 5.00. The zero-order valence-electron chi connectivity index (χ0n) is 17.1. The van der Waals surface area contributed by atoms with E-state index in [1.54, 1.807) is 22.9 Å². The SMILES string of the molecule is C[Si](C)(C)CCOCn1cc(-c2ccc(Cl)c(F)c2)c2c(=O)n(CC(=O)O)ccc21. The smallest absolute Gasteiger partial charge is 0.323 e. The molecule has 0 aliphatic carbocycles. The number of carboxylic acids is 1. The number of benzene rings is 1. The van der Waals surface area contributed by atoms with E-state index in [2.05, 4.69) is 19.6 Å². The van der Waals surface area contributed by atoms with Gasteiger partial charge in [0, 0.05) is 32.6 Å². The molecule has 0 saturated heterocycles. The van der Waals surface area contributed by atoms with Crippen LogP contribution >= 0.6 is 11.6 Å². The summed E-state index contributed by atoms with van der Waals surface area (Å²) in [6.45, 7) is 7.18. The molecule has 0 spiro atoms. The molecule has 0 saturated carbocycles. The number of carboxylic acid groups (broad SMARTS) is 1. The Morgan fingerprint density at radius 1 is 1.23 bits per heavy atom. The van der Waals surface area contributed by atoms with E-state index < -0.39 is 32.0 Å². The van der Waals surface area contributed by atoms with Crippen LogP contribution in [0.4, 0.5) is 4.39 Å². The Balaban J connectivity index is 2.07. The molecule has 3 aromatic rings. The Morgan fingerprint density at radius 3 is 2.60 bits per heavy atom. The summed E-state index contributed by atoms with van der Waals surface area (Å²) >= 11 is 5.80. The molecule has 9 heteroatoms. The highest BCUT2D eigenvalue weighted by Crippen LogP contribution is 2.30. The van der Waals surface area contributed by atoms with Gasteiger partial charge in [0.1, 0.15) is 19.1 Å². The molecule has 0 aliphatic heterocycles. The largest absolute Gasteiger partial charge is 0.480 e. The van der Waals surface area contributed by atoms with E-state index in [9.17, 15) is 14.0 Å². The van der Waals surface area contributed by atoms with Crippen molar-refractivity contribution in [1.82, 2.24) is 9.13 Å². The Bertz CT molecular complexity index is 1150. The quantitative estimate of drug-likeness (QED) is 0.400. The molecular formula is C21H24ClFN2O4Si. The summed E-state index contributed by atoms with van der Waals surface area (Å²) in [6, 6.07) is 7.01. The average molecular weight is 451 g/mol. The summed E-state index contributed by atoms with van der Waals surface area (Å²) in [5, 5.41) is 9.39. The fourth-order valence-corrected chi connectivity index (χ4v) is 4.02. The Labute approximate surface area is 179 Å². The van der Waals surface area contributed by atoms with Crippen molar-refractivity contribution in [3.8, 4) is 11.1 Å². The van der Waals surface area contributed by atoms with E-state index in [1.807, 2.05) is 0 Å². The van der Waals surface area contributed by atoms with Gasteiger partial charge in [-0.25, -0.2) is 4.39 Å². The number of rotatable bonds is 8. The molecule has 0 atom stereocenters. The van der Waals surface area contributed by atoms with E-state index in [0.29, 0.717) is 28.6 Å². The van der Waals surface area contributed by atoms with Crippen molar-refractivity contribution >= 4 is 36.5 Å². The maximum absolute atomic E-state index is 14.1. The van der Waals surface area contributed by atoms with E-state index in [-0.39, 0.29) is 11.8 Å². The van der Waals surface area contributed by atoms with Crippen molar-refractivity contribution in [3.05, 3.63) is 57.9 Å². The zero-order valence-corrected chi connectivity index (χ0v) is 18.9. The monoisotopic (exact) mass is 450 g/mol. The molecule has 160 valence electrons. The Morgan fingerprint density at radius 2 is 1.97 bits per heavy atom. The van der Waals surface area contributed by atoms with Crippen molar-refractivity contribution in [1.29, 1.82) is 0 Å². The summed E-state index contributed by atoms with van der Waals surface area (Å²) in [4.78, 5) is 24.1. The predicted octanol–water partition coefficient (Wildman–Crippen LogP) is 4.66. The van der Waals surface area contributed by atoms with Gasteiger partial charge in [0.2, 0.25) is 0 Å². The number of pyridine rings is 1. The van der Waals surface area contributed by atoms with Gasteiger partial charge in [-0.3, -0.25) is 9.59 Å². The highest BCUT2D eigenvalue weighted by molar-refractivity contribution is 6.76. The minimum absolute atomic E-state index is 0.0135. The second kappa shape index (κ2) is 8.75. The first-order chi connectivity index (χ1) is 14.1. The molecule has 30 heavy (non-hydrogen) atoms. The second-order valence-corrected chi connectivity index (χ2v) is 14.4. The summed E-state index contributed by atoms with van der Waals surface area (Å²) < 4.78 is 22.8. The van der Waals surface area contributed by atoms with Crippen LogP contribution in [0, 0.1) is 5.82 Å². The van der Waals surface area contributed by atoms with Gasteiger partial charge in [0.05, 0.1) is 15.9 Å². The first-order valence-electron chi connectivity index (χ1n) is 9.54. The molecule has 0 bridgehead atoms. The van der Waals surface area contributed by atoms with Crippen LogP contribution in [0.1, 0.15) is 0 Å². The van der Waals surface area contributed by atoms with Gasteiger partial charge >= 0.3 is 5.97 Å². The highest BCUT2D eigenvalue weighted by Gasteiger charge is 2.18. The summed E-state index contributed by atoms with van der Waals surface area (Å²) in [7, 11) is -1.24. The van der Waals surface area contributed by atoms with Crippen LogP contribution in [0.5, 0.6) is 0 Å². The lowest BCUT2D eigenvalue weighted by atomic mass is 10.1. The first-order valence-corrected chi connectivity index (χ1v) is 13.6. The van der Waals surface area contributed by atoms with Gasteiger partial charge < -0.3 is 19.0 Å². The maximum Gasteiger partial charge on any atom is 0.323 e. The third-order valence-corrected chi connectivity index (χ3v) is 6.78. The van der Waals surface area contributed by atoms with Crippen molar-refractivity contribution in [2.24, 2.45) is 0 Å². The lowest BCUT2D eigenvalue weighted by molar-refractivity contribution is -0.137. The second-order valence-electron chi connectivity index (χ2n) is 8.39. The van der Waals surface area contributed by atoms with Gasteiger partial charge in [0.15, 0.2) is 0 Å². The molecule has 0 fully saturated rings. The standard InChI is InChI=1S/C21H24ClFN2O4Si/c1-30(2,3)9-8-29-13-25-11-15(14-4-5-16(22)17(23)10-14)20-18(25)6-7-24(21(20)28)12-19(26)27/h4-7,10-11H,8-9,12-13H2,1-3H3,(H,26,27). The van der Waals surface area contributed by atoms with Crippen molar-refractivity contribution in [3.63, 3.8) is 0 Å². The van der Waals surface area contributed by atoms with Crippen LogP contribution in [0.2, 0.25) is 30.7 Å². The number of ether oxygens (including phenoxy) is 1. The molecule has 2 aromatic heterocycles. The molecule has 6 nitrogen and oxygen atoms in total. The van der Waals surface area contributed by atoms with Crippen LogP contribution in [0.15, 0.2) is 41.5 Å². The van der Waals surface area contributed by atoms with Crippen LogP contribution in [-0.4, -0.2) is 34.9 Å². The van der Waals surface area contributed by atoms with Crippen molar-refractivity contribution in [2.75, 3.05) is 6.61 Å². The molecule has 1 N–H and O–H groups in total. The molecule has 0 amide bonds. The molecule has 0 unspecified atom stereocenters. The Hall–Kier alpha value is -2.42. The van der Waals surface area contributed by atoms with E-state index in [1.165, 1.54) is 18.3 Å². The van der Waals surface area contributed by atoms with E-state index in [4.69, 9.17) is 21.4 Å². The minimum atomic E-state index is -1.24. The number of hydrogen-bond acceptors (Lipinski definition) is 3. The molecular weight excluding hydrogens is 427 g/mol. The molecule has 0 radical (unpaired) electrons. The predicted molar refractivity (Wildman–Crippen MR) is 118 cm³/mol. The Kier molecular flexibility index (Phi) is 6.49. The van der Waals surface area contributed by atoms with Crippen LogP contribution in [-0.2, 0) is 22.8 Å². The highest BCUT2D eigenvalue weighted by atomic mass is 35.5. The van der Waals surface area contributed by atoms with Crippen molar-refractivity contribution in [2.45, 2.75) is 39.0 Å². The molecule has 1 aromatic carbocycles. The normalized spacial score (nSPS) is 11.9. The average Bonchev–Trinajstić information content (AvgIpc) is 3.02. The summed E-state index contributed by atoms with van der Waals surface area (Å²) in [5.41, 5.74) is 1.12. The van der Waals surface area contributed by atoms with Crippen LogP contribution in [0.3, 0.4) is 0 Å². The van der Waals surface area contributed by atoms with Gasteiger partial charge in [-0.1, -0.05) is 37.3 Å². The topological polar surface area (TPSA) is 73.5 Å². The molecule has 3 rings (SSSR count). The van der Waals surface area contributed by atoms with E-state index >= 15 is 0 Å². The number of aliphatic carboxylic acids is 1. The number of carbonyl (C=O) groups is 1. The minimum Gasteiger partial charge on any atom is -0.480 e. The fourth-order valence-electron chi connectivity index (χ4n) is 3.15. The number of hydrogen-bond donors (Lipinski definition) is 1. The van der Waals surface area contributed by atoms with Gasteiger partial charge in [0.25, 0.3) is 5.56 Å². The van der Waals surface area contributed by atoms with Gasteiger partial charge in [-0.05, 0) is 29.8 Å².